The molecule has 0 radical (unpaired) electrons. The average molecular weight is 246 g/mol. The number of nitrogens with zero attached hydrogens (tertiary/aromatic N) is 1. The van der Waals surface area contributed by atoms with Crippen LogP contribution >= 0.6 is 0 Å². The molecule has 1 aliphatic rings. The van der Waals surface area contributed by atoms with Crippen molar-refractivity contribution in [1.82, 2.24) is 4.90 Å². The van der Waals surface area contributed by atoms with E-state index in [2.05, 4.69) is 30.2 Å². The molecule has 2 rings (SSSR count). The summed E-state index contributed by atoms with van der Waals surface area (Å²) in [6.45, 7) is 4.13. The van der Waals surface area contributed by atoms with Crippen molar-refractivity contribution in [2.75, 3.05) is 27.2 Å². The minimum Gasteiger partial charge on any atom is -0.497 e. The van der Waals surface area contributed by atoms with Crippen LogP contribution in [0, 0.1) is 0 Å². The maximum Gasteiger partial charge on any atom is 0.119 e. The molecule has 0 amide bonds. The van der Waals surface area contributed by atoms with Gasteiger partial charge in [0.15, 0.2) is 0 Å². The highest BCUT2D eigenvalue weighted by atomic mass is 16.5. The maximum absolute atomic E-state index is 6.06. The molecule has 0 fully saturated rings. The summed E-state index contributed by atoms with van der Waals surface area (Å²) in [5, 5.41) is 0. The van der Waals surface area contributed by atoms with Gasteiger partial charge in [-0.3, -0.25) is 0 Å². The largest absolute Gasteiger partial charge is 0.497 e. The molecule has 0 spiro atoms. The first-order chi connectivity index (χ1) is 8.61. The number of methoxy groups -OCH3 is 1. The van der Waals surface area contributed by atoms with Crippen LogP contribution in [0.3, 0.4) is 0 Å². The van der Waals surface area contributed by atoms with Crippen LogP contribution in [0.4, 0.5) is 0 Å². The molecule has 98 valence electrons. The summed E-state index contributed by atoms with van der Waals surface area (Å²) >= 11 is 0. The molecule has 1 atom stereocenters. The average Bonchev–Trinajstić information content (AvgIpc) is 2.38. The summed E-state index contributed by atoms with van der Waals surface area (Å²) in [5.74, 6) is 0.897. The van der Waals surface area contributed by atoms with Gasteiger partial charge in [0, 0.05) is 19.1 Å². The molecule has 1 aliphatic heterocycles. The molecule has 0 aliphatic carbocycles. The second kappa shape index (κ2) is 5.55. The van der Waals surface area contributed by atoms with Crippen LogP contribution in [0.15, 0.2) is 24.3 Å². The number of hydrogen-bond donors (Lipinski definition) is 1. The van der Waals surface area contributed by atoms with Crippen molar-refractivity contribution in [1.29, 1.82) is 0 Å². The van der Waals surface area contributed by atoms with Crippen molar-refractivity contribution >= 4 is 5.57 Å². The van der Waals surface area contributed by atoms with Crippen LogP contribution in [0.25, 0.3) is 5.57 Å². The third-order valence-electron chi connectivity index (χ3n) is 3.51. The first-order valence-electron chi connectivity index (χ1n) is 6.43. The first kappa shape index (κ1) is 13.1. The van der Waals surface area contributed by atoms with Crippen molar-refractivity contribution in [3.63, 3.8) is 0 Å². The van der Waals surface area contributed by atoms with Crippen LogP contribution in [0.5, 0.6) is 5.75 Å². The zero-order chi connectivity index (χ0) is 13.1. The van der Waals surface area contributed by atoms with Crippen molar-refractivity contribution in [3.8, 4) is 5.75 Å². The Kier molecular flexibility index (Phi) is 4.04. The van der Waals surface area contributed by atoms with Crippen molar-refractivity contribution in [2.24, 2.45) is 5.73 Å². The summed E-state index contributed by atoms with van der Waals surface area (Å²) in [5.41, 5.74) is 9.90. The fourth-order valence-electron chi connectivity index (χ4n) is 2.35. The Bertz CT molecular complexity index is 452. The summed E-state index contributed by atoms with van der Waals surface area (Å²) in [6.07, 6.45) is 3.37. The third-order valence-corrected chi connectivity index (χ3v) is 3.51. The Morgan fingerprint density at radius 2 is 2.17 bits per heavy atom. The topological polar surface area (TPSA) is 38.5 Å². The Morgan fingerprint density at radius 1 is 1.39 bits per heavy atom. The molecule has 0 saturated carbocycles. The van der Waals surface area contributed by atoms with E-state index in [0.717, 1.165) is 25.3 Å². The van der Waals surface area contributed by atoms with Gasteiger partial charge in [0.05, 0.1) is 7.11 Å². The van der Waals surface area contributed by atoms with Gasteiger partial charge in [-0.1, -0.05) is 12.1 Å². The molecule has 0 bridgehead atoms. The smallest absolute Gasteiger partial charge is 0.119 e. The van der Waals surface area contributed by atoms with E-state index in [-0.39, 0.29) is 6.04 Å². The quantitative estimate of drug-likeness (QED) is 0.890. The second-order valence-electron chi connectivity index (χ2n) is 4.98. The van der Waals surface area contributed by atoms with E-state index in [1.165, 1.54) is 16.7 Å². The van der Waals surface area contributed by atoms with E-state index in [4.69, 9.17) is 10.5 Å². The summed E-state index contributed by atoms with van der Waals surface area (Å²) in [6, 6.07) is 6.22. The van der Waals surface area contributed by atoms with Crippen LogP contribution in [-0.2, 0) is 0 Å². The van der Waals surface area contributed by atoms with Gasteiger partial charge < -0.3 is 15.4 Å². The number of benzene rings is 1. The van der Waals surface area contributed by atoms with Crippen LogP contribution in [0.2, 0.25) is 0 Å². The molecular weight excluding hydrogens is 224 g/mol. The van der Waals surface area contributed by atoms with Crippen LogP contribution < -0.4 is 10.5 Å². The van der Waals surface area contributed by atoms with Gasteiger partial charge in [0.1, 0.15) is 5.75 Å². The highest BCUT2D eigenvalue weighted by Crippen LogP contribution is 2.31. The van der Waals surface area contributed by atoms with Crippen molar-refractivity contribution in [3.05, 3.63) is 35.4 Å². The minimum absolute atomic E-state index is 0.0477. The third kappa shape index (κ3) is 2.74. The molecule has 0 unspecified atom stereocenters. The normalized spacial score (nSPS) is 18.3. The highest BCUT2D eigenvalue weighted by Gasteiger charge is 2.15. The summed E-state index contributed by atoms with van der Waals surface area (Å²) in [7, 11) is 3.85. The molecule has 18 heavy (non-hydrogen) atoms. The van der Waals surface area contributed by atoms with Crippen molar-refractivity contribution in [2.45, 2.75) is 19.4 Å². The lowest BCUT2D eigenvalue weighted by molar-refractivity contribution is 0.369. The van der Waals surface area contributed by atoms with E-state index < -0.39 is 0 Å². The van der Waals surface area contributed by atoms with Gasteiger partial charge in [0.25, 0.3) is 0 Å². The van der Waals surface area contributed by atoms with Gasteiger partial charge in [-0.05, 0) is 49.2 Å². The monoisotopic (exact) mass is 246 g/mol. The van der Waals surface area contributed by atoms with Gasteiger partial charge in [0.2, 0.25) is 0 Å². The fraction of sp³-hybridized carbons (Fsp3) is 0.467. The van der Waals surface area contributed by atoms with Crippen LogP contribution in [0.1, 0.15) is 30.5 Å². The lowest BCUT2D eigenvalue weighted by atomic mass is 9.92. The minimum atomic E-state index is 0.0477. The Morgan fingerprint density at radius 3 is 2.72 bits per heavy atom. The van der Waals surface area contributed by atoms with Crippen LogP contribution in [-0.4, -0.2) is 32.1 Å². The number of nitrogens with two attached hydrogens (primary N) is 1. The van der Waals surface area contributed by atoms with E-state index in [1.807, 2.05) is 13.0 Å². The zero-order valence-electron chi connectivity index (χ0n) is 11.4. The number of ether oxygens (including phenoxy) is 1. The lowest BCUT2D eigenvalue weighted by Crippen LogP contribution is -2.24. The SMILES string of the molecule is COc1ccc([C@@H](C)N)c(C2=CCN(C)CC2)c1. The molecule has 3 nitrogen and oxygen atoms in total. The van der Waals surface area contributed by atoms with E-state index in [1.54, 1.807) is 7.11 Å². The van der Waals surface area contributed by atoms with E-state index in [0.29, 0.717) is 0 Å². The molecule has 1 heterocycles. The molecule has 3 heteroatoms. The predicted molar refractivity (Wildman–Crippen MR) is 75.7 cm³/mol. The Hall–Kier alpha value is -1.32. The van der Waals surface area contributed by atoms with E-state index in [9.17, 15) is 0 Å². The number of hydrogen-bond acceptors (Lipinski definition) is 3. The summed E-state index contributed by atoms with van der Waals surface area (Å²) < 4.78 is 5.32. The number of rotatable bonds is 3. The molecule has 0 aromatic heterocycles. The van der Waals surface area contributed by atoms with E-state index >= 15 is 0 Å². The predicted octanol–water partition coefficient (Wildman–Crippen LogP) is 2.43. The zero-order valence-corrected chi connectivity index (χ0v) is 11.4. The second-order valence-corrected chi connectivity index (χ2v) is 4.98. The Balaban J connectivity index is 2.40. The van der Waals surface area contributed by atoms with Gasteiger partial charge >= 0.3 is 0 Å². The lowest BCUT2D eigenvalue weighted by Gasteiger charge is -2.24. The highest BCUT2D eigenvalue weighted by molar-refractivity contribution is 5.71. The fourth-order valence-corrected chi connectivity index (χ4v) is 2.35. The number of likely N-dealkylation sites (N-methyl/N-ethyl adjacent to an activating group) is 1. The Labute approximate surface area is 109 Å². The first-order valence-corrected chi connectivity index (χ1v) is 6.43. The standard InChI is InChI=1S/C15H22N2O/c1-11(16)14-5-4-13(18-3)10-15(14)12-6-8-17(2)9-7-12/h4-6,10-11H,7-9,16H2,1-3H3/t11-/m1/s1. The summed E-state index contributed by atoms with van der Waals surface area (Å²) in [4.78, 5) is 2.31. The molecule has 1 aromatic rings. The van der Waals surface area contributed by atoms with Gasteiger partial charge in [-0.2, -0.15) is 0 Å². The molecular formula is C15H22N2O. The maximum atomic E-state index is 6.06. The molecule has 0 saturated heterocycles. The van der Waals surface area contributed by atoms with Gasteiger partial charge in [-0.25, -0.2) is 0 Å². The van der Waals surface area contributed by atoms with Crippen molar-refractivity contribution < 1.29 is 4.74 Å². The molecule has 2 N–H and O–H groups in total. The molecule has 1 aromatic carbocycles. The van der Waals surface area contributed by atoms with Gasteiger partial charge in [-0.15, -0.1) is 0 Å².